The van der Waals surface area contributed by atoms with Crippen molar-refractivity contribution in [2.45, 2.75) is 37.5 Å². The molecule has 2 fully saturated rings. The fourth-order valence-electron chi connectivity index (χ4n) is 2.92. The standard InChI is InChI=1S/C12H24N2S/c1-10-12(5-7-15-10)14(2)9-11-4-3-6-13-8-11/h10-13H,3-9H2,1-2H3. The van der Waals surface area contributed by atoms with Crippen molar-refractivity contribution in [2.24, 2.45) is 5.92 Å². The van der Waals surface area contributed by atoms with Gasteiger partial charge in [-0.15, -0.1) is 0 Å². The first-order chi connectivity index (χ1) is 7.27. The maximum atomic E-state index is 3.51. The number of nitrogens with one attached hydrogen (secondary N) is 1. The van der Waals surface area contributed by atoms with Gasteiger partial charge in [-0.05, 0) is 51.1 Å². The van der Waals surface area contributed by atoms with Crippen molar-refractivity contribution in [1.82, 2.24) is 10.2 Å². The third kappa shape index (κ3) is 3.11. The van der Waals surface area contributed by atoms with E-state index in [2.05, 4.69) is 35.9 Å². The van der Waals surface area contributed by atoms with Gasteiger partial charge in [0, 0.05) is 17.8 Å². The smallest absolute Gasteiger partial charge is 0.0216 e. The second-order valence-corrected chi connectivity index (χ2v) is 6.57. The summed E-state index contributed by atoms with van der Waals surface area (Å²) in [4.78, 5) is 2.61. The highest BCUT2D eigenvalue weighted by Gasteiger charge is 2.28. The van der Waals surface area contributed by atoms with Gasteiger partial charge in [0.1, 0.15) is 0 Å². The zero-order valence-electron chi connectivity index (χ0n) is 10.0. The molecule has 3 unspecified atom stereocenters. The van der Waals surface area contributed by atoms with Crippen molar-refractivity contribution in [3.05, 3.63) is 0 Å². The van der Waals surface area contributed by atoms with Crippen LogP contribution in [0.4, 0.5) is 0 Å². The van der Waals surface area contributed by atoms with Crippen molar-refractivity contribution >= 4 is 11.8 Å². The summed E-state index contributed by atoms with van der Waals surface area (Å²) >= 11 is 2.14. The molecule has 3 heteroatoms. The first-order valence-corrected chi connectivity index (χ1v) is 7.35. The highest BCUT2D eigenvalue weighted by Crippen LogP contribution is 2.30. The first-order valence-electron chi connectivity index (χ1n) is 6.30. The third-order valence-corrected chi connectivity index (χ3v) is 5.16. The average molecular weight is 228 g/mol. The van der Waals surface area contributed by atoms with Crippen LogP contribution in [0.5, 0.6) is 0 Å². The lowest BCUT2D eigenvalue weighted by atomic mass is 9.98. The predicted octanol–water partition coefficient (Wildman–Crippen LogP) is 1.81. The van der Waals surface area contributed by atoms with E-state index >= 15 is 0 Å². The molecule has 0 aromatic heterocycles. The van der Waals surface area contributed by atoms with E-state index in [-0.39, 0.29) is 0 Å². The van der Waals surface area contributed by atoms with Gasteiger partial charge in [0.05, 0.1) is 0 Å². The van der Waals surface area contributed by atoms with Gasteiger partial charge in [-0.1, -0.05) is 6.92 Å². The van der Waals surface area contributed by atoms with Crippen LogP contribution in [-0.4, -0.2) is 48.6 Å². The Balaban J connectivity index is 1.77. The highest BCUT2D eigenvalue weighted by atomic mass is 32.2. The van der Waals surface area contributed by atoms with E-state index in [0.29, 0.717) is 0 Å². The largest absolute Gasteiger partial charge is 0.316 e. The van der Waals surface area contributed by atoms with Crippen LogP contribution in [0.15, 0.2) is 0 Å². The normalized spacial score (nSPS) is 37.4. The van der Waals surface area contributed by atoms with Crippen LogP contribution in [0.1, 0.15) is 26.2 Å². The van der Waals surface area contributed by atoms with E-state index in [1.54, 1.807) is 0 Å². The number of hydrogen-bond acceptors (Lipinski definition) is 3. The Hall–Kier alpha value is 0.270. The lowest BCUT2D eigenvalue weighted by Crippen LogP contribution is -2.42. The topological polar surface area (TPSA) is 15.3 Å². The van der Waals surface area contributed by atoms with Crippen LogP contribution in [0, 0.1) is 5.92 Å². The molecular weight excluding hydrogens is 204 g/mol. The summed E-state index contributed by atoms with van der Waals surface area (Å²) in [7, 11) is 2.32. The van der Waals surface area contributed by atoms with Crippen LogP contribution in [0.2, 0.25) is 0 Å². The Morgan fingerprint density at radius 3 is 2.87 bits per heavy atom. The third-order valence-electron chi connectivity index (χ3n) is 3.85. The molecule has 2 heterocycles. The summed E-state index contributed by atoms with van der Waals surface area (Å²) in [6, 6.07) is 0.830. The van der Waals surface area contributed by atoms with Gasteiger partial charge in [-0.2, -0.15) is 11.8 Å². The number of piperidine rings is 1. The van der Waals surface area contributed by atoms with Crippen LogP contribution < -0.4 is 5.32 Å². The number of rotatable bonds is 3. The molecule has 1 N–H and O–H groups in total. The predicted molar refractivity (Wildman–Crippen MR) is 68.5 cm³/mol. The summed E-state index contributed by atoms with van der Waals surface area (Å²) in [6.45, 7) is 6.15. The van der Waals surface area contributed by atoms with Gasteiger partial charge < -0.3 is 10.2 Å². The summed E-state index contributed by atoms with van der Waals surface area (Å²) in [6.07, 6.45) is 4.18. The van der Waals surface area contributed by atoms with Crippen LogP contribution >= 0.6 is 11.8 Å². The lowest BCUT2D eigenvalue weighted by Gasteiger charge is -2.32. The van der Waals surface area contributed by atoms with E-state index < -0.39 is 0 Å². The molecule has 2 saturated heterocycles. The van der Waals surface area contributed by atoms with Crippen molar-refractivity contribution in [2.75, 3.05) is 32.4 Å². The quantitative estimate of drug-likeness (QED) is 0.793. The summed E-state index contributed by atoms with van der Waals surface area (Å²) in [5.41, 5.74) is 0. The first kappa shape index (κ1) is 11.7. The molecular formula is C12H24N2S. The Morgan fingerprint density at radius 2 is 2.27 bits per heavy atom. The average Bonchev–Trinajstić information content (AvgIpc) is 2.66. The maximum Gasteiger partial charge on any atom is 0.0216 e. The van der Waals surface area contributed by atoms with Crippen LogP contribution in [0.3, 0.4) is 0 Å². The minimum absolute atomic E-state index is 0.830. The Kier molecular flexibility index (Phi) is 4.35. The molecule has 0 aromatic rings. The number of nitrogens with zero attached hydrogens (tertiary/aromatic N) is 1. The van der Waals surface area contributed by atoms with Gasteiger partial charge >= 0.3 is 0 Å². The lowest BCUT2D eigenvalue weighted by molar-refractivity contribution is 0.188. The van der Waals surface area contributed by atoms with Crippen molar-refractivity contribution in [1.29, 1.82) is 0 Å². The molecule has 0 aliphatic carbocycles. The fourth-order valence-corrected chi connectivity index (χ4v) is 4.24. The molecule has 2 nitrogen and oxygen atoms in total. The molecule has 2 rings (SSSR count). The molecule has 3 atom stereocenters. The van der Waals surface area contributed by atoms with E-state index in [4.69, 9.17) is 0 Å². The molecule has 2 aliphatic heterocycles. The molecule has 88 valence electrons. The van der Waals surface area contributed by atoms with Crippen molar-refractivity contribution in [3.8, 4) is 0 Å². The fraction of sp³-hybridized carbons (Fsp3) is 1.00. The highest BCUT2D eigenvalue weighted by molar-refractivity contribution is 8.00. The zero-order valence-corrected chi connectivity index (χ0v) is 10.9. The van der Waals surface area contributed by atoms with Gasteiger partial charge in [0.15, 0.2) is 0 Å². The summed E-state index contributed by atoms with van der Waals surface area (Å²) in [5, 5.41) is 4.35. The summed E-state index contributed by atoms with van der Waals surface area (Å²) < 4.78 is 0. The second kappa shape index (κ2) is 5.55. The minimum atomic E-state index is 0.830. The Bertz CT molecular complexity index is 192. The maximum absolute atomic E-state index is 3.51. The molecule has 0 amide bonds. The van der Waals surface area contributed by atoms with Gasteiger partial charge in [0.2, 0.25) is 0 Å². The van der Waals surface area contributed by atoms with Crippen molar-refractivity contribution < 1.29 is 0 Å². The molecule has 0 bridgehead atoms. The van der Waals surface area contributed by atoms with Crippen LogP contribution in [0.25, 0.3) is 0 Å². The SMILES string of the molecule is CC1SCCC1N(C)CC1CCCNC1. The second-order valence-electron chi connectivity index (χ2n) is 5.08. The van der Waals surface area contributed by atoms with Gasteiger partial charge in [-0.3, -0.25) is 0 Å². The zero-order chi connectivity index (χ0) is 10.7. The molecule has 2 aliphatic rings. The van der Waals surface area contributed by atoms with Gasteiger partial charge in [0.25, 0.3) is 0 Å². The van der Waals surface area contributed by atoms with E-state index in [1.165, 1.54) is 44.6 Å². The molecule has 0 aromatic carbocycles. The Labute approximate surface area is 98.2 Å². The number of hydrogen-bond donors (Lipinski definition) is 1. The van der Waals surface area contributed by atoms with Crippen molar-refractivity contribution in [3.63, 3.8) is 0 Å². The number of thioether (sulfide) groups is 1. The monoisotopic (exact) mass is 228 g/mol. The molecule has 0 saturated carbocycles. The van der Waals surface area contributed by atoms with Crippen LogP contribution in [-0.2, 0) is 0 Å². The Morgan fingerprint density at radius 1 is 1.40 bits per heavy atom. The van der Waals surface area contributed by atoms with E-state index in [1.807, 2.05) is 0 Å². The van der Waals surface area contributed by atoms with E-state index in [9.17, 15) is 0 Å². The molecule has 0 spiro atoms. The minimum Gasteiger partial charge on any atom is -0.316 e. The van der Waals surface area contributed by atoms with E-state index in [0.717, 1.165) is 17.2 Å². The molecule has 15 heavy (non-hydrogen) atoms. The van der Waals surface area contributed by atoms with Gasteiger partial charge in [-0.25, -0.2) is 0 Å². The summed E-state index contributed by atoms with van der Waals surface area (Å²) in [5.74, 6) is 2.25. The molecule has 0 radical (unpaired) electrons.